The Balaban J connectivity index is 1.60. The normalized spacial score (nSPS) is 14.9. The summed E-state index contributed by atoms with van der Waals surface area (Å²) in [7, 11) is -1.75. The lowest BCUT2D eigenvalue weighted by Crippen LogP contribution is -2.33. The molecule has 178 valence electrons. The summed E-state index contributed by atoms with van der Waals surface area (Å²) in [4.78, 5) is 33.0. The molecule has 1 fully saturated rings. The summed E-state index contributed by atoms with van der Waals surface area (Å²) >= 11 is 0. The van der Waals surface area contributed by atoms with Crippen molar-refractivity contribution in [2.45, 2.75) is 16.9 Å². The zero-order valence-electron chi connectivity index (χ0n) is 18.1. The highest BCUT2D eigenvalue weighted by molar-refractivity contribution is 7.92. The van der Waals surface area contributed by atoms with Crippen molar-refractivity contribution in [2.75, 3.05) is 30.4 Å². The fourth-order valence-corrected chi connectivity index (χ4v) is 4.41. The molecule has 1 saturated heterocycles. The van der Waals surface area contributed by atoms with E-state index in [2.05, 4.69) is 4.98 Å². The third-order valence-corrected chi connectivity index (χ3v) is 6.94. The number of halogens is 3. The highest BCUT2D eigenvalue weighted by atomic mass is 32.2. The average molecular weight is 492 g/mol. The van der Waals surface area contributed by atoms with E-state index < -0.39 is 32.2 Å². The number of amides is 3. The van der Waals surface area contributed by atoms with Gasteiger partial charge in [-0.3, -0.25) is 9.78 Å². The minimum atomic E-state index is -5.53. The van der Waals surface area contributed by atoms with Crippen LogP contribution in [0.4, 0.5) is 29.3 Å². The van der Waals surface area contributed by atoms with Crippen LogP contribution in [-0.2, 0) is 21.2 Å². The van der Waals surface area contributed by atoms with Crippen LogP contribution in [0.25, 0.3) is 10.9 Å². The van der Waals surface area contributed by atoms with Gasteiger partial charge in [-0.2, -0.15) is 13.2 Å². The van der Waals surface area contributed by atoms with E-state index in [-0.39, 0.29) is 18.8 Å². The number of benzene rings is 2. The second-order valence-electron chi connectivity index (χ2n) is 7.88. The SMILES string of the molecule is CN(C)c1ccc2nccc(CN3CC(=O)N(c4ccc(S(=O)(=O)C(F)(F)F)cc4)C3=O)c2c1. The molecule has 0 bridgehead atoms. The van der Waals surface area contributed by atoms with Crippen LogP contribution in [0.3, 0.4) is 0 Å². The fourth-order valence-electron chi connectivity index (χ4n) is 3.65. The van der Waals surface area contributed by atoms with Gasteiger partial charge in [0.15, 0.2) is 0 Å². The minimum Gasteiger partial charge on any atom is -0.378 e. The number of hydrogen-bond donors (Lipinski definition) is 0. The van der Waals surface area contributed by atoms with Crippen LogP contribution in [0.15, 0.2) is 59.6 Å². The fraction of sp³-hybridized carbons (Fsp3) is 0.227. The molecule has 1 aliphatic rings. The molecule has 0 aliphatic carbocycles. The van der Waals surface area contributed by atoms with Crippen LogP contribution in [-0.4, -0.2) is 56.4 Å². The molecule has 0 spiro atoms. The summed E-state index contributed by atoms with van der Waals surface area (Å²) in [5.41, 5.74) is -3.05. The molecule has 3 aromatic rings. The molecule has 2 aromatic carbocycles. The van der Waals surface area contributed by atoms with Crippen LogP contribution < -0.4 is 9.80 Å². The Morgan fingerprint density at radius 1 is 1.03 bits per heavy atom. The van der Waals surface area contributed by atoms with Crippen LogP contribution in [0.2, 0.25) is 0 Å². The van der Waals surface area contributed by atoms with Gasteiger partial charge in [-0.15, -0.1) is 0 Å². The highest BCUT2D eigenvalue weighted by Crippen LogP contribution is 2.32. The van der Waals surface area contributed by atoms with Crippen LogP contribution in [0, 0.1) is 0 Å². The Bertz CT molecular complexity index is 1390. The molecular formula is C22H19F3N4O4S. The maximum Gasteiger partial charge on any atom is 0.501 e. The van der Waals surface area contributed by atoms with Crippen molar-refractivity contribution in [3.05, 3.63) is 60.3 Å². The Hall–Kier alpha value is -3.67. The molecule has 0 atom stereocenters. The standard InChI is InChI=1S/C22H19F3N4O4S/c1-27(2)16-5-8-19-18(11-16)14(9-10-26-19)12-28-13-20(30)29(21(28)31)15-3-6-17(7-4-15)34(32,33)22(23,24)25/h3-11H,12-13H2,1-2H3. The molecule has 0 saturated carbocycles. The van der Waals surface area contributed by atoms with E-state index >= 15 is 0 Å². The number of alkyl halides is 3. The lowest BCUT2D eigenvalue weighted by Gasteiger charge is -2.19. The van der Waals surface area contributed by atoms with Gasteiger partial charge in [0.1, 0.15) is 6.54 Å². The van der Waals surface area contributed by atoms with Gasteiger partial charge in [-0.25, -0.2) is 18.1 Å². The maximum absolute atomic E-state index is 13.0. The smallest absolute Gasteiger partial charge is 0.378 e. The first kappa shape index (κ1) is 23.5. The van der Waals surface area contributed by atoms with Crippen LogP contribution in [0.5, 0.6) is 0 Å². The lowest BCUT2D eigenvalue weighted by atomic mass is 10.1. The molecule has 0 N–H and O–H groups in total. The second-order valence-corrected chi connectivity index (χ2v) is 9.82. The molecular weight excluding hydrogens is 473 g/mol. The number of aromatic nitrogens is 1. The number of nitrogens with zero attached hydrogens (tertiary/aromatic N) is 4. The highest BCUT2D eigenvalue weighted by Gasteiger charge is 2.47. The number of pyridine rings is 1. The van der Waals surface area contributed by atoms with Crippen molar-refractivity contribution < 1.29 is 31.2 Å². The molecule has 2 heterocycles. The van der Waals surface area contributed by atoms with Gasteiger partial charge >= 0.3 is 11.5 Å². The summed E-state index contributed by atoms with van der Waals surface area (Å²) in [5, 5.41) is 0.814. The van der Waals surface area contributed by atoms with Crippen molar-refractivity contribution in [1.29, 1.82) is 0 Å². The van der Waals surface area contributed by atoms with Gasteiger partial charge in [-0.1, -0.05) is 0 Å². The monoisotopic (exact) mass is 492 g/mol. The van der Waals surface area contributed by atoms with Gasteiger partial charge in [0.05, 0.1) is 16.1 Å². The summed E-state index contributed by atoms with van der Waals surface area (Å²) in [5.74, 6) is -0.580. The minimum absolute atomic E-state index is 0.0203. The Kier molecular flexibility index (Phi) is 5.72. The lowest BCUT2D eigenvalue weighted by molar-refractivity contribution is -0.116. The molecule has 0 radical (unpaired) electrons. The maximum atomic E-state index is 13.0. The summed E-state index contributed by atoms with van der Waals surface area (Å²) in [6, 6.07) is 10.2. The van der Waals surface area contributed by atoms with Crippen LogP contribution in [0.1, 0.15) is 5.56 Å². The number of carbonyl (C=O) groups excluding carboxylic acids is 2. The quantitative estimate of drug-likeness (QED) is 0.506. The average Bonchev–Trinajstić information content (AvgIpc) is 3.05. The predicted octanol–water partition coefficient (Wildman–Crippen LogP) is 3.56. The Labute approximate surface area is 193 Å². The number of imide groups is 1. The van der Waals surface area contributed by atoms with Gasteiger partial charge in [0.25, 0.3) is 15.7 Å². The topological polar surface area (TPSA) is 90.9 Å². The predicted molar refractivity (Wildman–Crippen MR) is 119 cm³/mol. The number of sulfone groups is 1. The Morgan fingerprint density at radius 2 is 1.71 bits per heavy atom. The zero-order valence-corrected chi connectivity index (χ0v) is 18.9. The van der Waals surface area contributed by atoms with E-state index in [9.17, 15) is 31.2 Å². The molecule has 12 heteroatoms. The number of carbonyl (C=O) groups is 2. The Morgan fingerprint density at radius 3 is 2.32 bits per heavy atom. The van der Waals surface area contributed by atoms with E-state index in [1.165, 1.54) is 4.90 Å². The van der Waals surface area contributed by atoms with Crippen LogP contribution >= 0.6 is 0 Å². The number of hydrogen-bond acceptors (Lipinski definition) is 6. The molecule has 34 heavy (non-hydrogen) atoms. The van der Waals surface area contributed by atoms with Crippen molar-refractivity contribution in [3.63, 3.8) is 0 Å². The molecule has 0 unspecified atom stereocenters. The van der Waals surface area contributed by atoms with Gasteiger partial charge in [-0.05, 0) is 54.1 Å². The number of anilines is 2. The van der Waals surface area contributed by atoms with E-state index in [0.717, 1.165) is 51.3 Å². The van der Waals surface area contributed by atoms with Crippen molar-refractivity contribution in [2.24, 2.45) is 0 Å². The number of rotatable bonds is 5. The zero-order chi connectivity index (χ0) is 24.8. The summed E-state index contributed by atoms with van der Waals surface area (Å²) in [6.07, 6.45) is 1.60. The van der Waals surface area contributed by atoms with E-state index in [1.54, 1.807) is 12.3 Å². The van der Waals surface area contributed by atoms with E-state index in [4.69, 9.17) is 0 Å². The molecule has 1 aromatic heterocycles. The third kappa shape index (κ3) is 4.04. The van der Waals surface area contributed by atoms with E-state index in [0.29, 0.717) is 0 Å². The van der Waals surface area contributed by atoms with Crippen molar-refractivity contribution in [1.82, 2.24) is 9.88 Å². The molecule has 3 amide bonds. The molecule has 1 aliphatic heterocycles. The summed E-state index contributed by atoms with van der Waals surface area (Å²) < 4.78 is 61.4. The second kappa shape index (κ2) is 8.28. The summed E-state index contributed by atoms with van der Waals surface area (Å²) in [6.45, 7) is -0.129. The number of urea groups is 1. The first-order valence-electron chi connectivity index (χ1n) is 9.98. The largest absolute Gasteiger partial charge is 0.501 e. The number of fused-ring (bicyclic) bond motifs is 1. The van der Waals surface area contributed by atoms with Gasteiger partial charge in [0, 0.05) is 37.9 Å². The first-order valence-corrected chi connectivity index (χ1v) is 11.5. The van der Waals surface area contributed by atoms with Crippen molar-refractivity contribution >= 4 is 44.1 Å². The van der Waals surface area contributed by atoms with Crippen molar-refractivity contribution in [3.8, 4) is 0 Å². The molecule has 8 nitrogen and oxygen atoms in total. The van der Waals surface area contributed by atoms with Gasteiger partial charge < -0.3 is 9.80 Å². The molecule has 4 rings (SSSR count). The first-order chi connectivity index (χ1) is 15.9. The van der Waals surface area contributed by atoms with E-state index in [1.807, 2.05) is 37.2 Å². The third-order valence-electron chi connectivity index (χ3n) is 5.44. The van der Waals surface area contributed by atoms with Gasteiger partial charge in [0.2, 0.25) is 0 Å².